The van der Waals surface area contributed by atoms with E-state index >= 15 is 0 Å². The van der Waals surface area contributed by atoms with Crippen molar-refractivity contribution in [3.8, 4) is 0 Å². The maximum Gasteiger partial charge on any atom is 0.409 e. The Morgan fingerprint density at radius 2 is 2.12 bits per heavy atom. The Hall–Kier alpha value is -2.51. The Bertz CT molecular complexity index is 642. The summed E-state index contributed by atoms with van der Waals surface area (Å²) in [5, 5.41) is 3.17. The van der Waals surface area contributed by atoms with E-state index < -0.39 is 0 Å². The number of carbonyl (C=O) groups excluding carboxylic acids is 1. The van der Waals surface area contributed by atoms with E-state index in [1.165, 1.54) is 6.07 Å². The van der Waals surface area contributed by atoms with Gasteiger partial charge in [-0.25, -0.2) is 14.2 Å². The summed E-state index contributed by atoms with van der Waals surface area (Å²) in [5.74, 6) is 0.0530. The summed E-state index contributed by atoms with van der Waals surface area (Å²) in [6.07, 6.45) is 1.29. The van der Waals surface area contributed by atoms with Gasteiger partial charge in [-0.1, -0.05) is 6.07 Å². The highest BCUT2D eigenvalue weighted by atomic mass is 19.1. The first-order valence-electron chi connectivity index (χ1n) is 8.84. The number of hydrogen-bond donors (Lipinski definition) is 2. The summed E-state index contributed by atoms with van der Waals surface area (Å²) in [4.78, 5) is 19.4. The van der Waals surface area contributed by atoms with Gasteiger partial charge in [0.1, 0.15) is 5.82 Å². The zero-order valence-corrected chi connectivity index (χ0v) is 15.7. The van der Waals surface area contributed by atoms with Gasteiger partial charge in [0.05, 0.1) is 18.8 Å². The molecule has 7 nitrogen and oxygen atoms in total. The zero-order valence-electron chi connectivity index (χ0n) is 15.7. The van der Waals surface area contributed by atoms with Crippen molar-refractivity contribution in [3.63, 3.8) is 0 Å². The van der Waals surface area contributed by atoms with E-state index in [-0.39, 0.29) is 18.0 Å². The van der Waals surface area contributed by atoms with Gasteiger partial charge in [0.2, 0.25) is 0 Å². The lowest BCUT2D eigenvalue weighted by atomic mass is 10.1. The third kappa shape index (κ3) is 5.50. The minimum atomic E-state index is -0.277. The minimum Gasteiger partial charge on any atom is -0.450 e. The maximum atomic E-state index is 14.0. The van der Waals surface area contributed by atoms with Crippen LogP contribution in [-0.4, -0.2) is 56.8 Å². The molecule has 0 spiro atoms. The summed E-state index contributed by atoms with van der Waals surface area (Å²) < 4.78 is 19.0. The van der Waals surface area contributed by atoms with Crippen LogP contribution in [0.3, 0.4) is 0 Å². The van der Waals surface area contributed by atoms with Gasteiger partial charge in [-0.3, -0.25) is 0 Å². The van der Waals surface area contributed by atoms with E-state index in [0.717, 1.165) is 18.4 Å². The normalized spacial score (nSPS) is 15.7. The second-order valence-corrected chi connectivity index (χ2v) is 6.49. The van der Waals surface area contributed by atoms with Crippen LogP contribution in [0.1, 0.15) is 25.3 Å². The molecule has 1 aromatic rings. The number of benzene rings is 1. The number of guanidine groups is 1. The minimum absolute atomic E-state index is 0.164. The van der Waals surface area contributed by atoms with Crippen molar-refractivity contribution >= 4 is 17.7 Å². The molecule has 1 heterocycles. The van der Waals surface area contributed by atoms with Crippen molar-refractivity contribution in [2.24, 2.45) is 10.7 Å². The fraction of sp³-hybridized carbons (Fsp3) is 0.556. The number of anilines is 1. The number of likely N-dealkylation sites (tertiary alicyclic amines) is 1. The third-order valence-electron chi connectivity index (χ3n) is 4.30. The van der Waals surface area contributed by atoms with Crippen molar-refractivity contribution in [3.05, 3.63) is 29.6 Å². The van der Waals surface area contributed by atoms with Crippen molar-refractivity contribution in [2.75, 3.05) is 38.7 Å². The van der Waals surface area contributed by atoms with Crippen molar-refractivity contribution in [1.29, 1.82) is 0 Å². The Morgan fingerprint density at radius 1 is 1.42 bits per heavy atom. The quantitative estimate of drug-likeness (QED) is 0.615. The first-order chi connectivity index (χ1) is 12.4. The summed E-state index contributed by atoms with van der Waals surface area (Å²) >= 11 is 0. The van der Waals surface area contributed by atoms with Crippen molar-refractivity contribution < 1.29 is 13.9 Å². The highest BCUT2D eigenvalue weighted by Gasteiger charge is 2.23. The maximum absolute atomic E-state index is 14.0. The number of piperidine rings is 1. The number of halogens is 1. The predicted molar refractivity (Wildman–Crippen MR) is 101 cm³/mol. The van der Waals surface area contributed by atoms with Gasteiger partial charge in [-0.2, -0.15) is 0 Å². The molecular formula is C18H28FN5O2. The average molecular weight is 365 g/mol. The first kappa shape index (κ1) is 19.8. The van der Waals surface area contributed by atoms with E-state index in [2.05, 4.69) is 10.3 Å². The number of rotatable bonds is 5. The molecule has 0 aromatic heterocycles. The lowest BCUT2D eigenvalue weighted by Crippen LogP contribution is -2.48. The monoisotopic (exact) mass is 365 g/mol. The molecule has 8 heteroatoms. The molecule has 0 unspecified atom stereocenters. The Labute approximate surface area is 154 Å². The number of nitrogens with one attached hydrogen (secondary N) is 1. The number of amides is 1. The standard InChI is InChI=1S/C18H28FN5O2/c1-4-26-18(25)24-9-7-14(8-10-24)22-17(20)21-12-13-5-6-16(23(2)3)15(19)11-13/h5-6,11,14H,4,7-10,12H2,1-3H3,(H3,20,21,22). The van der Waals surface area contributed by atoms with Gasteiger partial charge < -0.3 is 25.6 Å². The van der Waals surface area contributed by atoms with Crippen LogP contribution in [0.5, 0.6) is 0 Å². The van der Waals surface area contributed by atoms with Gasteiger partial charge in [0.25, 0.3) is 0 Å². The Morgan fingerprint density at radius 3 is 2.69 bits per heavy atom. The molecule has 1 aromatic carbocycles. The summed E-state index contributed by atoms with van der Waals surface area (Å²) in [5.41, 5.74) is 7.24. The number of hydrogen-bond acceptors (Lipinski definition) is 4. The highest BCUT2D eigenvalue weighted by Crippen LogP contribution is 2.18. The molecule has 0 bridgehead atoms. The average Bonchev–Trinajstić information content (AvgIpc) is 2.60. The number of aliphatic imine (C=N–C) groups is 1. The molecule has 26 heavy (non-hydrogen) atoms. The Balaban J connectivity index is 1.82. The molecule has 0 radical (unpaired) electrons. The molecular weight excluding hydrogens is 337 g/mol. The van der Waals surface area contributed by atoms with Gasteiger partial charge >= 0.3 is 6.09 Å². The molecule has 0 atom stereocenters. The van der Waals surface area contributed by atoms with Crippen LogP contribution in [0, 0.1) is 5.82 Å². The number of ether oxygens (including phenoxy) is 1. The SMILES string of the molecule is CCOC(=O)N1CCC(NC(N)=NCc2ccc(N(C)C)c(F)c2)CC1. The molecule has 1 aliphatic rings. The Kier molecular flexibility index (Phi) is 7.06. The smallest absolute Gasteiger partial charge is 0.409 e. The van der Waals surface area contributed by atoms with Crippen LogP contribution in [0.4, 0.5) is 14.9 Å². The molecule has 1 fully saturated rings. The second-order valence-electron chi connectivity index (χ2n) is 6.49. The van der Waals surface area contributed by atoms with Crippen LogP contribution in [-0.2, 0) is 11.3 Å². The van der Waals surface area contributed by atoms with Crippen LogP contribution >= 0.6 is 0 Å². The van der Waals surface area contributed by atoms with Crippen LogP contribution in [0.15, 0.2) is 23.2 Å². The van der Waals surface area contributed by atoms with Crippen LogP contribution < -0.4 is 16.0 Å². The lowest BCUT2D eigenvalue weighted by Gasteiger charge is -2.31. The fourth-order valence-corrected chi connectivity index (χ4v) is 2.86. The van der Waals surface area contributed by atoms with Crippen LogP contribution in [0.2, 0.25) is 0 Å². The molecule has 144 valence electrons. The number of nitrogens with two attached hydrogens (primary N) is 1. The molecule has 3 N–H and O–H groups in total. The van der Waals surface area contributed by atoms with Crippen LogP contribution in [0.25, 0.3) is 0 Å². The van der Waals surface area contributed by atoms with Crippen molar-refractivity contribution in [2.45, 2.75) is 32.4 Å². The van der Waals surface area contributed by atoms with E-state index in [1.54, 1.807) is 36.9 Å². The molecule has 0 aliphatic carbocycles. The topological polar surface area (TPSA) is 83.2 Å². The highest BCUT2D eigenvalue weighted by molar-refractivity contribution is 5.78. The van der Waals surface area contributed by atoms with Gasteiger partial charge in [-0.05, 0) is 37.5 Å². The molecule has 1 saturated heterocycles. The summed E-state index contributed by atoms with van der Waals surface area (Å²) in [7, 11) is 3.59. The van der Waals surface area contributed by atoms with E-state index in [0.29, 0.717) is 37.9 Å². The van der Waals surface area contributed by atoms with Crippen molar-refractivity contribution in [1.82, 2.24) is 10.2 Å². The van der Waals surface area contributed by atoms with Gasteiger partial charge in [-0.15, -0.1) is 0 Å². The van der Waals surface area contributed by atoms with E-state index in [1.807, 2.05) is 6.07 Å². The molecule has 0 saturated carbocycles. The van der Waals surface area contributed by atoms with Gasteiger partial charge in [0.15, 0.2) is 5.96 Å². The molecule has 1 amide bonds. The third-order valence-corrected chi connectivity index (χ3v) is 4.30. The first-order valence-corrected chi connectivity index (χ1v) is 8.84. The second kappa shape index (κ2) is 9.26. The summed E-state index contributed by atoms with van der Waals surface area (Å²) in [6.45, 7) is 3.74. The predicted octanol–water partition coefficient (Wildman–Crippen LogP) is 1.92. The molecule has 2 rings (SSSR count). The van der Waals surface area contributed by atoms with Gasteiger partial charge in [0, 0.05) is 33.2 Å². The lowest BCUT2D eigenvalue weighted by molar-refractivity contribution is 0.0963. The summed E-state index contributed by atoms with van der Waals surface area (Å²) in [6, 6.07) is 5.21. The largest absolute Gasteiger partial charge is 0.450 e. The fourth-order valence-electron chi connectivity index (χ4n) is 2.86. The number of carbonyl (C=O) groups is 1. The van der Waals surface area contributed by atoms with E-state index in [9.17, 15) is 9.18 Å². The number of nitrogens with zero attached hydrogens (tertiary/aromatic N) is 3. The molecule has 1 aliphatic heterocycles. The van der Waals surface area contributed by atoms with E-state index in [4.69, 9.17) is 10.5 Å². The zero-order chi connectivity index (χ0) is 19.1.